The molecule has 12 heavy (non-hydrogen) atoms. The summed E-state index contributed by atoms with van der Waals surface area (Å²) in [5.74, 6) is 0. The normalized spacial score (nSPS) is 29.8. The van der Waals surface area contributed by atoms with Crippen LogP contribution in [0.25, 0.3) is 0 Å². The molecule has 1 aliphatic carbocycles. The zero-order valence-electron chi connectivity index (χ0n) is 8.10. The van der Waals surface area contributed by atoms with Gasteiger partial charge in [-0.15, -0.1) is 0 Å². The topological polar surface area (TPSA) is 15.3 Å². The Kier molecular flexibility index (Phi) is 2.37. The molecule has 2 aliphatic rings. The van der Waals surface area contributed by atoms with E-state index in [1.807, 2.05) is 0 Å². The Hall–Kier alpha value is -0.0800. The standard InChI is InChI=1S/C10H20N2/c1-10(3-2-4-10)9-12-7-5-11-6-8-12/h11H,2-9H2,1H3. The third-order valence-electron chi connectivity index (χ3n) is 3.38. The van der Waals surface area contributed by atoms with E-state index in [0.29, 0.717) is 5.41 Å². The fourth-order valence-electron chi connectivity index (χ4n) is 2.35. The average molecular weight is 168 g/mol. The molecule has 1 heterocycles. The molecule has 70 valence electrons. The smallest absolute Gasteiger partial charge is 0.0108 e. The van der Waals surface area contributed by atoms with Crippen molar-refractivity contribution in [3.05, 3.63) is 0 Å². The fourth-order valence-corrected chi connectivity index (χ4v) is 2.35. The Morgan fingerprint density at radius 3 is 2.42 bits per heavy atom. The minimum atomic E-state index is 0.678. The van der Waals surface area contributed by atoms with Gasteiger partial charge in [-0.2, -0.15) is 0 Å². The molecule has 2 heteroatoms. The fraction of sp³-hybridized carbons (Fsp3) is 1.00. The Balaban J connectivity index is 1.77. The van der Waals surface area contributed by atoms with Crippen LogP contribution in [0.3, 0.4) is 0 Å². The van der Waals surface area contributed by atoms with Crippen LogP contribution in [-0.4, -0.2) is 37.6 Å². The highest BCUT2D eigenvalue weighted by Gasteiger charge is 2.33. The molecule has 0 bridgehead atoms. The highest BCUT2D eigenvalue weighted by atomic mass is 15.2. The predicted molar refractivity (Wildman–Crippen MR) is 51.3 cm³/mol. The lowest BCUT2D eigenvalue weighted by Gasteiger charge is -2.43. The third kappa shape index (κ3) is 1.80. The van der Waals surface area contributed by atoms with Crippen molar-refractivity contribution in [1.29, 1.82) is 0 Å². The van der Waals surface area contributed by atoms with Crippen molar-refractivity contribution in [3.8, 4) is 0 Å². The largest absolute Gasteiger partial charge is 0.314 e. The molecule has 0 radical (unpaired) electrons. The van der Waals surface area contributed by atoms with E-state index in [9.17, 15) is 0 Å². The first-order chi connectivity index (χ1) is 5.79. The van der Waals surface area contributed by atoms with E-state index in [-0.39, 0.29) is 0 Å². The first-order valence-corrected chi connectivity index (χ1v) is 5.22. The van der Waals surface area contributed by atoms with Gasteiger partial charge < -0.3 is 10.2 Å². The molecule has 2 rings (SSSR count). The summed E-state index contributed by atoms with van der Waals surface area (Å²) in [5, 5.41) is 3.39. The molecule has 0 spiro atoms. The van der Waals surface area contributed by atoms with Gasteiger partial charge in [-0.05, 0) is 18.3 Å². The molecule has 0 amide bonds. The zero-order valence-corrected chi connectivity index (χ0v) is 8.10. The van der Waals surface area contributed by atoms with Crippen LogP contribution in [0, 0.1) is 5.41 Å². The van der Waals surface area contributed by atoms with Crippen LogP contribution in [-0.2, 0) is 0 Å². The first kappa shape index (κ1) is 8.52. The lowest BCUT2D eigenvalue weighted by molar-refractivity contribution is 0.0783. The predicted octanol–water partition coefficient (Wildman–Crippen LogP) is 1.08. The van der Waals surface area contributed by atoms with Crippen LogP contribution in [0.2, 0.25) is 0 Å². The van der Waals surface area contributed by atoms with Gasteiger partial charge in [0, 0.05) is 32.7 Å². The molecule has 1 aliphatic heterocycles. The first-order valence-electron chi connectivity index (χ1n) is 5.22. The lowest BCUT2D eigenvalue weighted by atomic mass is 9.70. The van der Waals surface area contributed by atoms with Gasteiger partial charge in [0.25, 0.3) is 0 Å². The average Bonchev–Trinajstić information content (AvgIpc) is 2.04. The summed E-state index contributed by atoms with van der Waals surface area (Å²) < 4.78 is 0. The van der Waals surface area contributed by atoms with Crippen LogP contribution in [0.4, 0.5) is 0 Å². The van der Waals surface area contributed by atoms with E-state index in [1.54, 1.807) is 0 Å². The summed E-state index contributed by atoms with van der Waals surface area (Å²) in [6, 6.07) is 0. The maximum Gasteiger partial charge on any atom is 0.0108 e. The van der Waals surface area contributed by atoms with Gasteiger partial charge in [-0.25, -0.2) is 0 Å². The highest BCUT2D eigenvalue weighted by molar-refractivity contribution is 4.87. The highest BCUT2D eigenvalue weighted by Crippen LogP contribution is 2.40. The molecule has 0 aromatic heterocycles. The summed E-state index contributed by atoms with van der Waals surface area (Å²) in [6.07, 6.45) is 4.37. The van der Waals surface area contributed by atoms with Crippen LogP contribution < -0.4 is 5.32 Å². The van der Waals surface area contributed by atoms with Gasteiger partial charge in [0.1, 0.15) is 0 Å². The van der Waals surface area contributed by atoms with Crippen molar-refractivity contribution < 1.29 is 0 Å². The lowest BCUT2D eigenvalue weighted by Crippen LogP contribution is -2.49. The van der Waals surface area contributed by atoms with Crippen molar-refractivity contribution in [3.63, 3.8) is 0 Å². The van der Waals surface area contributed by atoms with Gasteiger partial charge in [0.2, 0.25) is 0 Å². The van der Waals surface area contributed by atoms with E-state index in [2.05, 4.69) is 17.1 Å². The van der Waals surface area contributed by atoms with E-state index in [1.165, 1.54) is 52.0 Å². The molecule has 0 atom stereocenters. The third-order valence-corrected chi connectivity index (χ3v) is 3.38. The van der Waals surface area contributed by atoms with Crippen LogP contribution >= 0.6 is 0 Å². The van der Waals surface area contributed by atoms with Crippen LogP contribution in [0.1, 0.15) is 26.2 Å². The second-order valence-electron chi connectivity index (χ2n) is 4.69. The van der Waals surface area contributed by atoms with Crippen molar-refractivity contribution in [2.45, 2.75) is 26.2 Å². The van der Waals surface area contributed by atoms with E-state index < -0.39 is 0 Å². The van der Waals surface area contributed by atoms with E-state index >= 15 is 0 Å². The molecule has 0 unspecified atom stereocenters. The number of nitrogens with zero attached hydrogens (tertiary/aromatic N) is 1. The summed E-state index contributed by atoms with van der Waals surface area (Å²) >= 11 is 0. The molecule has 2 nitrogen and oxygen atoms in total. The quantitative estimate of drug-likeness (QED) is 0.664. The number of piperazine rings is 1. The monoisotopic (exact) mass is 168 g/mol. The number of rotatable bonds is 2. The molecule has 1 saturated heterocycles. The summed E-state index contributed by atoms with van der Waals surface area (Å²) in [4.78, 5) is 2.62. The molecule has 1 saturated carbocycles. The minimum Gasteiger partial charge on any atom is -0.314 e. The van der Waals surface area contributed by atoms with Crippen molar-refractivity contribution >= 4 is 0 Å². The Bertz CT molecular complexity index is 146. The van der Waals surface area contributed by atoms with Crippen LogP contribution in [0.15, 0.2) is 0 Å². The summed E-state index contributed by atoms with van der Waals surface area (Å²) in [7, 11) is 0. The van der Waals surface area contributed by atoms with Crippen LogP contribution in [0.5, 0.6) is 0 Å². The summed E-state index contributed by atoms with van der Waals surface area (Å²) in [6.45, 7) is 8.69. The number of hydrogen-bond donors (Lipinski definition) is 1. The van der Waals surface area contributed by atoms with Gasteiger partial charge in [0.05, 0.1) is 0 Å². The van der Waals surface area contributed by atoms with E-state index in [4.69, 9.17) is 0 Å². The molecular formula is C10H20N2. The molecule has 0 aromatic rings. The zero-order chi connectivity index (χ0) is 8.44. The Morgan fingerprint density at radius 1 is 1.25 bits per heavy atom. The number of nitrogens with one attached hydrogen (secondary N) is 1. The SMILES string of the molecule is CC1(CN2CCNCC2)CCC1. The van der Waals surface area contributed by atoms with Gasteiger partial charge >= 0.3 is 0 Å². The second-order valence-corrected chi connectivity index (χ2v) is 4.69. The van der Waals surface area contributed by atoms with Gasteiger partial charge in [0.15, 0.2) is 0 Å². The maximum atomic E-state index is 3.39. The Labute approximate surface area is 75.3 Å². The van der Waals surface area contributed by atoms with E-state index in [0.717, 1.165) is 0 Å². The van der Waals surface area contributed by atoms with Crippen molar-refractivity contribution in [2.75, 3.05) is 32.7 Å². The van der Waals surface area contributed by atoms with Crippen molar-refractivity contribution in [1.82, 2.24) is 10.2 Å². The Morgan fingerprint density at radius 2 is 1.92 bits per heavy atom. The molecule has 1 N–H and O–H groups in total. The second kappa shape index (κ2) is 3.35. The van der Waals surface area contributed by atoms with Gasteiger partial charge in [-0.1, -0.05) is 13.3 Å². The van der Waals surface area contributed by atoms with Crippen molar-refractivity contribution in [2.24, 2.45) is 5.41 Å². The summed E-state index contributed by atoms with van der Waals surface area (Å²) in [5.41, 5.74) is 0.678. The molecule has 2 fully saturated rings. The molecule has 0 aromatic carbocycles. The molecular weight excluding hydrogens is 148 g/mol. The minimum absolute atomic E-state index is 0.678. The number of hydrogen-bond acceptors (Lipinski definition) is 2. The maximum absolute atomic E-state index is 3.39. The van der Waals surface area contributed by atoms with Gasteiger partial charge in [-0.3, -0.25) is 0 Å².